The maximum atomic E-state index is 3.62. The van der Waals surface area contributed by atoms with Crippen LogP contribution in [-0.4, -0.2) is 0 Å². The lowest BCUT2D eigenvalue weighted by molar-refractivity contribution is 0.571. The molecule has 0 aliphatic heterocycles. The van der Waals surface area contributed by atoms with Gasteiger partial charge in [-0.05, 0) is 49.9 Å². The van der Waals surface area contributed by atoms with Gasteiger partial charge in [0.2, 0.25) is 0 Å². The first-order chi connectivity index (χ1) is 9.08. The van der Waals surface area contributed by atoms with Crippen LogP contribution >= 0.6 is 0 Å². The summed E-state index contributed by atoms with van der Waals surface area (Å²) in [5.41, 5.74) is 6.80. The van der Waals surface area contributed by atoms with Crippen molar-refractivity contribution in [2.75, 3.05) is 0 Å². The zero-order valence-corrected chi connectivity index (χ0v) is 12.3. The number of nitrogens with one attached hydrogen (secondary N) is 1. The highest BCUT2D eigenvalue weighted by molar-refractivity contribution is 5.31. The molecule has 1 unspecified atom stereocenters. The highest BCUT2D eigenvalue weighted by Gasteiger charge is 2.07. The van der Waals surface area contributed by atoms with Gasteiger partial charge in [-0.2, -0.15) is 0 Å². The number of benzene rings is 2. The van der Waals surface area contributed by atoms with Crippen LogP contribution in [0.3, 0.4) is 0 Å². The second kappa shape index (κ2) is 6.03. The lowest BCUT2D eigenvalue weighted by Gasteiger charge is -2.17. The Labute approximate surface area is 116 Å². The maximum Gasteiger partial charge on any atom is 0.0297 e. The standard InChI is InChI=1S/C18H23N/c1-13-9-10-17(15(3)11-13)12-19-16(4)18-8-6-5-7-14(18)2/h5-11,16,19H,12H2,1-4H3. The van der Waals surface area contributed by atoms with Crippen molar-refractivity contribution in [2.24, 2.45) is 0 Å². The second-order valence-corrected chi connectivity index (χ2v) is 5.39. The van der Waals surface area contributed by atoms with E-state index in [0.29, 0.717) is 6.04 Å². The van der Waals surface area contributed by atoms with Gasteiger partial charge in [0.05, 0.1) is 0 Å². The Bertz CT molecular complexity index is 557. The van der Waals surface area contributed by atoms with Crippen LogP contribution in [0.25, 0.3) is 0 Å². The summed E-state index contributed by atoms with van der Waals surface area (Å²) in [5, 5.41) is 3.62. The number of hydrogen-bond acceptors (Lipinski definition) is 1. The molecular formula is C18H23N. The van der Waals surface area contributed by atoms with Crippen molar-refractivity contribution in [3.05, 3.63) is 70.3 Å². The molecule has 2 rings (SSSR count). The smallest absolute Gasteiger partial charge is 0.0297 e. The average molecular weight is 253 g/mol. The Balaban J connectivity index is 2.04. The van der Waals surface area contributed by atoms with Crippen LogP contribution in [0.5, 0.6) is 0 Å². The third-order valence-corrected chi connectivity index (χ3v) is 3.75. The zero-order chi connectivity index (χ0) is 13.8. The number of aryl methyl sites for hydroxylation is 3. The summed E-state index contributed by atoms with van der Waals surface area (Å²) in [6.45, 7) is 9.64. The first kappa shape index (κ1) is 13.8. The van der Waals surface area contributed by atoms with E-state index in [9.17, 15) is 0 Å². The third kappa shape index (κ3) is 3.45. The fourth-order valence-corrected chi connectivity index (χ4v) is 2.49. The van der Waals surface area contributed by atoms with E-state index >= 15 is 0 Å². The van der Waals surface area contributed by atoms with Crippen molar-refractivity contribution in [1.29, 1.82) is 0 Å². The fraction of sp³-hybridized carbons (Fsp3) is 0.333. The minimum Gasteiger partial charge on any atom is -0.306 e. The van der Waals surface area contributed by atoms with Crippen LogP contribution in [0.1, 0.15) is 40.8 Å². The van der Waals surface area contributed by atoms with Crippen molar-refractivity contribution < 1.29 is 0 Å². The third-order valence-electron chi connectivity index (χ3n) is 3.75. The minimum atomic E-state index is 0.377. The van der Waals surface area contributed by atoms with Gasteiger partial charge in [0.25, 0.3) is 0 Å². The van der Waals surface area contributed by atoms with Crippen molar-refractivity contribution in [1.82, 2.24) is 5.32 Å². The predicted molar refractivity (Wildman–Crippen MR) is 82.3 cm³/mol. The van der Waals surface area contributed by atoms with Crippen molar-refractivity contribution >= 4 is 0 Å². The quantitative estimate of drug-likeness (QED) is 0.848. The molecule has 1 nitrogen and oxygen atoms in total. The Morgan fingerprint density at radius 1 is 0.947 bits per heavy atom. The molecule has 0 fully saturated rings. The van der Waals surface area contributed by atoms with Crippen LogP contribution in [0.4, 0.5) is 0 Å². The van der Waals surface area contributed by atoms with Gasteiger partial charge in [0.1, 0.15) is 0 Å². The summed E-state index contributed by atoms with van der Waals surface area (Å²) in [4.78, 5) is 0. The van der Waals surface area contributed by atoms with E-state index in [4.69, 9.17) is 0 Å². The highest BCUT2D eigenvalue weighted by Crippen LogP contribution is 2.18. The first-order valence-electron chi connectivity index (χ1n) is 6.93. The maximum absolute atomic E-state index is 3.62. The minimum absolute atomic E-state index is 0.377. The van der Waals surface area contributed by atoms with Gasteiger partial charge in [-0.15, -0.1) is 0 Å². The fourth-order valence-electron chi connectivity index (χ4n) is 2.49. The molecule has 2 aromatic carbocycles. The van der Waals surface area contributed by atoms with Gasteiger partial charge in [-0.1, -0.05) is 48.0 Å². The molecular weight excluding hydrogens is 230 g/mol. The van der Waals surface area contributed by atoms with E-state index in [1.54, 1.807) is 0 Å². The normalized spacial score (nSPS) is 12.4. The average Bonchev–Trinajstić information content (AvgIpc) is 2.38. The second-order valence-electron chi connectivity index (χ2n) is 5.39. The highest BCUT2D eigenvalue weighted by atomic mass is 14.9. The summed E-state index contributed by atoms with van der Waals surface area (Å²) in [6.07, 6.45) is 0. The van der Waals surface area contributed by atoms with E-state index in [1.165, 1.54) is 27.8 Å². The van der Waals surface area contributed by atoms with Crippen LogP contribution in [-0.2, 0) is 6.54 Å². The summed E-state index contributed by atoms with van der Waals surface area (Å²) in [7, 11) is 0. The summed E-state index contributed by atoms with van der Waals surface area (Å²) in [5.74, 6) is 0. The molecule has 0 amide bonds. The molecule has 0 heterocycles. The molecule has 100 valence electrons. The lowest BCUT2D eigenvalue weighted by Crippen LogP contribution is -2.19. The van der Waals surface area contributed by atoms with Gasteiger partial charge in [0, 0.05) is 12.6 Å². The molecule has 0 radical (unpaired) electrons. The molecule has 0 aliphatic carbocycles. The molecule has 0 aliphatic rings. The van der Waals surface area contributed by atoms with Crippen LogP contribution in [0.2, 0.25) is 0 Å². The molecule has 0 bridgehead atoms. The van der Waals surface area contributed by atoms with E-state index in [1.807, 2.05) is 0 Å². The monoisotopic (exact) mass is 253 g/mol. The van der Waals surface area contributed by atoms with E-state index < -0.39 is 0 Å². The van der Waals surface area contributed by atoms with Gasteiger partial charge in [-0.3, -0.25) is 0 Å². The van der Waals surface area contributed by atoms with Crippen molar-refractivity contribution in [3.63, 3.8) is 0 Å². The topological polar surface area (TPSA) is 12.0 Å². The Morgan fingerprint density at radius 3 is 2.37 bits per heavy atom. The van der Waals surface area contributed by atoms with Gasteiger partial charge >= 0.3 is 0 Å². The van der Waals surface area contributed by atoms with Gasteiger partial charge in [-0.25, -0.2) is 0 Å². The molecule has 0 saturated heterocycles. The van der Waals surface area contributed by atoms with Gasteiger partial charge in [0.15, 0.2) is 0 Å². The predicted octanol–water partition coefficient (Wildman–Crippen LogP) is 4.46. The van der Waals surface area contributed by atoms with Crippen LogP contribution < -0.4 is 5.32 Å². The Hall–Kier alpha value is -1.60. The first-order valence-corrected chi connectivity index (χ1v) is 6.93. The van der Waals surface area contributed by atoms with E-state index in [-0.39, 0.29) is 0 Å². The molecule has 19 heavy (non-hydrogen) atoms. The van der Waals surface area contributed by atoms with Crippen LogP contribution in [0, 0.1) is 20.8 Å². The van der Waals surface area contributed by atoms with Crippen molar-refractivity contribution in [2.45, 2.75) is 40.3 Å². The summed E-state index contributed by atoms with van der Waals surface area (Å²) in [6, 6.07) is 15.6. The summed E-state index contributed by atoms with van der Waals surface area (Å²) < 4.78 is 0. The SMILES string of the molecule is Cc1ccc(CNC(C)c2ccccc2C)c(C)c1. The molecule has 0 spiro atoms. The van der Waals surface area contributed by atoms with Crippen molar-refractivity contribution in [3.8, 4) is 0 Å². The Morgan fingerprint density at radius 2 is 1.68 bits per heavy atom. The summed E-state index contributed by atoms with van der Waals surface area (Å²) >= 11 is 0. The molecule has 0 saturated carbocycles. The van der Waals surface area contributed by atoms with Crippen LogP contribution in [0.15, 0.2) is 42.5 Å². The van der Waals surface area contributed by atoms with E-state index in [0.717, 1.165) is 6.54 Å². The van der Waals surface area contributed by atoms with Gasteiger partial charge < -0.3 is 5.32 Å². The molecule has 1 heteroatoms. The van der Waals surface area contributed by atoms with E-state index in [2.05, 4.69) is 75.5 Å². The molecule has 2 aromatic rings. The zero-order valence-electron chi connectivity index (χ0n) is 12.3. The number of rotatable bonds is 4. The Kier molecular flexibility index (Phi) is 4.39. The number of hydrogen-bond donors (Lipinski definition) is 1. The molecule has 0 aromatic heterocycles. The largest absolute Gasteiger partial charge is 0.306 e. The molecule has 1 atom stereocenters. The lowest BCUT2D eigenvalue weighted by atomic mass is 10.0. The molecule has 1 N–H and O–H groups in total.